The fourth-order valence-electron chi connectivity index (χ4n) is 4.05. The highest BCUT2D eigenvalue weighted by Gasteiger charge is 2.29. The lowest BCUT2D eigenvalue weighted by Crippen LogP contribution is -2.44. The lowest BCUT2D eigenvalue weighted by Gasteiger charge is -2.34. The topological polar surface area (TPSA) is 118 Å². The van der Waals surface area contributed by atoms with E-state index < -0.39 is 40.5 Å². The number of nitrogens with one attached hydrogen (secondary N) is 1. The molecule has 2 aromatic carbocycles. The van der Waals surface area contributed by atoms with Gasteiger partial charge in [0, 0.05) is 41.5 Å². The Morgan fingerprint density at radius 1 is 1.02 bits per heavy atom. The molecule has 3 rings (SSSR count). The van der Waals surface area contributed by atoms with Crippen LogP contribution in [0.3, 0.4) is 0 Å². The van der Waals surface area contributed by atoms with Gasteiger partial charge in [0.05, 0.1) is 17.3 Å². The fraction of sp³-hybridized carbons (Fsp3) is 0.333. The molecule has 0 spiro atoms. The van der Waals surface area contributed by atoms with Crippen molar-refractivity contribution in [1.82, 2.24) is 9.47 Å². The van der Waals surface area contributed by atoms with Gasteiger partial charge in [-0.2, -0.15) is 0 Å². The van der Waals surface area contributed by atoms with Gasteiger partial charge in [0.2, 0.25) is 0 Å². The summed E-state index contributed by atoms with van der Waals surface area (Å²) >= 11 is 6.52. The molecule has 3 aromatic rings. The molecular weight excluding hydrogens is 553 g/mol. The van der Waals surface area contributed by atoms with E-state index in [1.807, 2.05) is 0 Å². The SMILES string of the molecule is Cn1cc(-c2cc(NC(=O)OC(C)(C)C)c(Cl)cc2C(=O)c2ccc(F)cc2)c(CN(C(=O)O)C(C)(C)C)cc1=O. The van der Waals surface area contributed by atoms with E-state index in [4.69, 9.17) is 16.3 Å². The Morgan fingerprint density at radius 2 is 1.63 bits per heavy atom. The summed E-state index contributed by atoms with van der Waals surface area (Å²) in [6.07, 6.45) is -0.494. The smallest absolute Gasteiger partial charge is 0.412 e. The van der Waals surface area contributed by atoms with Gasteiger partial charge >= 0.3 is 12.2 Å². The van der Waals surface area contributed by atoms with Crippen LogP contribution in [0, 0.1) is 5.82 Å². The number of nitrogens with zero attached hydrogens (tertiary/aromatic N) is 2. The van der Waals surface area contributed by atoms with E-state index in [0.29, 0.717) is 11.1 Å². The van der Waals surface area contributed by atoms with Crippen LogP contribution >= 0.6 is 11.6 Å². The van der Waals surface area contributed by atoms with Crippen LogP contribution in [0.4, 0.5) is 19.7 Å². The molecule has 11 heteroatoms. The number of hydrogen-bond donors (Lipinski definition) is 2. The Bertz CT molecular complexity index is 1550. The Morgan fingerprint density at radius 3 is 2.17 bits per heavy atom. The third-order valence-electron chi connectivity index (χ3n) is 6.07. The molecule has 218 valence electrons. The lowest BCUT2D eigenvalue weighted by atomic mass is 9.91. The highest BCUT2D eigenvalue weighted by atomic mass is 35.5. The summed E-state index contributed by atoms with van der Waals surface area (Å²) in [5.74, 6) is -1.02. The average molecular weight is 586 g/mol. The van der Waals surface area contributed by atoms with E-state index >= 15 is 0 Å². The number of hydrogen-bond acceptors (Lipinski definition) is 5. The number of ether oxygens (including phenoxy) is 1. The van der Waals surface area contributed by atoms with Gasteiger partial charge in [-0.15, -0.1) is 0 Å². The number of carbonyl (C=O) groups is 3. The van der Waals surface area contributed by atoms with E-state index in [1.54, 1.807) is 41.5 Å². The van der Waals surface area contributed by atoms with Gasteiger partial charge in [0.1, 0.15) is 11.4 Å². The Balaban J connectivity index is 2.30. The van der Waals surface area contributed by atoms with Gasteiger partial charge in [-0.3, -0.25) is 19.8 Å². The molecule has 41 heavy (non-hydrogen) atoms. The quantitative estimate of drug-likeness (QED) is 0.311. The second-order valence-electron chi connectivity index (χ2n) is 11.5. The second kappa shape index (κ2) is 11.7. The highest BCUT2D eigenvalue weighted by molar-refractivity contribution is 6.34. The van der Waals surface area contributed by atoms with Crippen molar-refractivity contribution in [3.63, 3.8) is 0 Å². The van der Waals surface area contributed by atoms with E-state index in [-0.39, 0.29) is 33.9 Å². The van der Waals surface area contributed by atoms with Gasteiger partial charge in [-0.25, -0.2) is 14.0 Å². The molecule has 2 amide bonds. The maximum absolute atomic E-state index is 13.7. The summed E-state index contributed by atoms with van der Waals surface area (Å²) in [4.78, 5) is 52.3. The van der Waals surface area contributed by atoms with Crippen LogP contribution in [0.5, 0.6) is 0 Å². The molecule has 0 aliphatic rings. The van der Waals surface area contributed by atoms with Crippen LogP contribution in [0.15, 0.2) is 53.5 Å². The number of halogens is 2. The van der Waals surface area contributed by atoms with E-state index in [9.17, 15) is 28.7 Å². The van der Waals surface area contributed by atoms with Crippen molar-refractivity contribution in [2.75, 3.05) is 5.32 Å². The first-order chi connectivity index (χ1) is 18.9. The summed E-state index contributed by atoms with van der Waals surface area (Å²) in [5, 5.41) is 12.5. The van der Waals surface area contributed by atoms with Crippen LogP contribution in [0.25, 0.3) is 11.1 Å². The minimum Gasteiger partial charge on any atom is -0.465 e. The molecule has 0 aliphatic heterocycles. The molecule has 0 bridgehead atoms. The number of aryl methyl sites for hydroxylation is 1. The van der Waals surface area contributed by atoms with Crippen molar-refractivity contribution in [1.29, 1.82) is 0 Å². The third kappa shape index (κ3) is 7.73. The standard InChI is InChI=1S/C30H33ClFN3O6/c1-29(2,3)35(28(39)40)15-18-12-25(36)34(7)16-22(18)20-14-24(33-27(38)41-30(4,5)6)23(31)13-21(20)26(37)17-8-10-19(32)11-9-17/h8-14,16H,15H2,1-7H3,(H,33,38)(H,39,40). The molecule has 1 aromatic heterocycles. The normalized spacial score (nSPS) is 11.6. The number of aromatic nitrogens is 1. The predicted molar refractivity (Wildman–Crippen MR) is 155 cm³/mol. The largest absolute Gasteiger partial charge is 0.465 e. The van der Waals surface area contributed by atoms with Crippen molar-refractivity contribution in [2.45, 2.75) is 59.2 Å². The summed E-state index contributed by atoms with van der Waals surface area (Å²) in [7, 11) is 1.52. The van der Waals surface area contributed by atoms with Crippen molar-refractivity contribution < 1.29 is 28.6 Å². The number of anilines is 1. The van der Waals surface area contributed by atoms with Crippen molar-refractivity contribution in [3.05, 3.63) is 86.5 Å². The summed E-state index contributed by atoms with van der Waals surface area (Å²) in [6.45, 7) is 10.1. The first kappa shape index (κ1) is 31.3. The zero-order chi connectivity index (χ0) is 30.9. The summed E-state index contributed by atoms with van der Waals surface area (Å²) < 4.78 is 20.2. The average Bonchev–Trinajstić information content (AvgIpc) is 2.83. The van der Waals surface area contributed by atoms with Crippen LogP contribution in [0.2, 0.25) is 5.02 Å². The molecule has 0 radical (unpaired) electrons. The third-order valence-corrected chi connectivity index (χ3v) is 6.38. The molecule has 0 aliphatic carbocycles. The van der Waals surface area contributed by atoms with Crippen LogP contribution in [-0.4, -0.2) is 43.7 Å². The Labute approximate surface area is 242 Å². The summed E-state index contributed by atoms with van der Waals surface area (Å²) in [6, 6.07) is 9.10. The highest BCUT2D eigenvalue weighted by Crippen LogP contribution is 2.36. The van der Waals surface area contributed by atoms with Gasteiger partial charge in [-0.1, -0.05) is 11.6 Å². The minimum absolute atomic E-state index is 0.0262. The molecule has 2 N–H and O–H groups in total. The first-order valence-corrected chi connectivity index (χ1v) is 13.1. The number of carbonyl (C=O) groups excluding carboxylic acids is 2. The van der Waals surface area contributed by atoms with E-state index in [1.165, 1.54) is 53.0 Å². The van der Waals surface area contributed by atoms with Gasteiger partial charge < -0.3 is 14.4 Å². The van der Waals surface area contributed by atoms with Crippen LogP contribution in [0.1, 0.15) is 63.0 Å². The maximum atomic E-state index is 13.7. The Hall–Kier alpha value is -4.18. The van der Waals surface area contributed by atoms with Gasteiger partial charge in [0.15, 0.2) is 5.78 Å². The first-order valence-electron chi connectivity index (χ1n) is 12.7. The van der Waals surface area contributed by atoms with Crippen molar-refractivity contribution >= 4 is 35.3 Å². The molecule has 0 atom stereocenters. The molecular formula is C30H33ClFN3O6. The molecule has 1 heterocycles. The number of pyridine rings is 1. The monoisotopic (exact) mass is 585 g/mol. The number of amides is 2. The van der Waals surface area contributed by atoms with Crippen molar-refractivity contribution in [3.8, 4) is 11.1 Å². The molecule has 0 unspecified atom stereocenters. The number of benzene rings is 2. The fourth-order valence-corrected chi connectivity index (χ4v) is 4.27. The predicted octanol–water partition coefficient (Wildman–Crippen LogP) is 6.70. The molecule has 0 saturated carbocycles. The molecule has 9 nitrogen and oxygen atoms in total. The molecule has 0 saturated heterocycles. The zero-order valence-electron chi connectivity index (χ0n) is 24.0. The second-order valence-corrected chi connectivity index (χ2v) is 11.9. The van der Waals surface area contributed by atoms with Crippen LogP contribution < -0.4 is 10.9 Å². The summed E-state index contributed by atoms with van der Waals surface area (Å²) in [5.41, 5.74) is -0.678. The maximum Gasteiger partial charge on any atom is 0.412 e. The number of ketones is 1. The molecule has 0 fully saturated rings. The lowest BCUT2D eigenvalue weighted by molar-refractivity contribution is 0.0635. The van der Waals surface area contributed by atoms with E-state index in [2.05, 4.69) is 5.32 Å². The van der Waals surface area contributed by atoms with E-state index in [0.717, 1.165) is 12.1 Å². The number of rotatable bonds is 6. The number of carboxylic acid groups (broad SMARTS) is 1. The van der Waals surface area contributed by atoms with Crippen LogP contribution in [-0.2, 0) is 18.3 Å². The Kier molecular flexibility index (Phi) is 8.98. The van der Waals surface area contributed by atoms with Crippen molar-refractivity contribution in [2.24, 2.45) is 7.05 Å². The zero-order valence-corrected chi connectivity index (χ0v) is 24.7. The minimum atomic E-state index is -1.20. The van der Waals surface area contributed by atoms with Gasteiger partial charge in [0.25, 0.3) is 5.56 Å². The van der Waals surface area contributed by atoms with Gasteiger partial charge in [-0.05, 0) is 89.1 Å².